The van der Waals surface area contributed by atoms with E-state index in [-0.39, 0.29) is 47.8 Å². The van der Waals surface area contributed by atoms with Crippen LogP contribution in [0.1, 0.15) is 85.6 Å². The SMILES string of the molecule is COc1ccc(F)cc1C(/C=C/OC(C)C)CC1C=C(/C(C)=C/COC(C)C)C(=O)C(CCC(C)C)C(=O)C1. The molecule has 1 aromatic rings. The normalized spacial score (nSPS) is 19.7. The van der Waals surface area contributed by atoms with Gasteiger partial charge in [0, 0.05) is 23.5 Å². The Morgan fingerprint density at radius 1 is 1.10 bits per heavy atom. The minimum Gasteiger partial charge on any atom is -0.499 e. The second-order valence-electron chi connectivity index (χ2n) is 11.4. The van der Waals surface area contributed by atoms with Crippen LogP contribution in [-0.2, 0) is 19.1 Å². The van der Waals surface area contributed by atoms with Crippen molar-refractivity contribution in [3.63, 3.8) is 0 Å². The highest BCUT2D eigenvalue weighted by molar-refractivity contribution is 6.13. The maximum absolute atomic E-state index is 14.4. The smallest absolute Gasteiger partial charge is 0.173 e. The second kappa shape index (κ2) is 15.8. The van der Waals surface area contributed by atoms with E-state index in [9.17, 15) is 14.0 Å². The molecule has 6 heteroatoms. The van der Waals surface area contributed by atoms with E-state index in [4.69, 9.17) is 14.2 Å². The Labute approximate surface area is 234 Å². The Balaban J connectivity index is 2.51. The number of hydrogen-bond donors (Lipinski definition) is 0. The number of Topliss-reactive ketones (excluding diaryl/α,β-unsaturated/α-hetero) is 2. The van der Waals surface area contributed by atoms with E-state index in [1.54, 1.807) is 19.4 Å². The summed E-state index contributed by atoms with van der Waals surface area (Å²) in [5, 5.41) is 0. The van der Waals surface area contributed by atoms with E-state index < -0.39 is 5.92 Å². The van der Waals surface area contributed by atoms with Gasteiger partial charge in [0.2, 0.25) is 0 Å². The van der Waals surface area contributed by atoms with Crippen LogP contribution < -0.4 is 4.74 Å². The molecule has 0 bridgehead atoms. The fraction of sp³-hybridized carbons (Fsp3) is 0.576. The molecule has 0 radical (unpaired) electrons. The van der Waals surface area contributed by atoms with Crippen LogP contribution in [0.2, 0.25) is 0 Å². The third-order valence-corrected chi connectivity index (χ3v) is 6.92. The molecule has 5 nitrogen and oxygen atoms in total. The molecule has 0 aliphatic heterocycles. The quantitative estimate of drug-likeness (QED) is 0.178. The number of allylic oxidation sites excluding steroid dienone is 4. The molecule has 216 valence electrons. The first-order valence-electron chi connectivity index (χ1n) is 14.2. The maximum atomic E-state index is 14.4. The highest BCUT2D eigenvalue weighted by atomic mass is 19.1. The van der Waals surface area contributed by atoms with Crippen molar-refractivity contribution in [3.8, 4) is 5.75 Å². The summed E-state index contributed by atoms with van der Waals surface area (Å²) >= 11 is 0. The average molecular weight is 543 g/mol. The van der Waals surface area contributed by atoms with E-state index in [1.807, 2.05) is 52.8 Å². The molecule has 3 unspecified atom stereocenters. The molecule has 1 aliphatic rings. The lowest BCUT2D eigenvalue weighted by Crippen LogP contribution is -2.25. The predicted molar refractivity (Wildman–Crippen MR) is 154 cm³/mol. The zero-order valence-electron chi connectivity index (χ0n) is 25.0. The fourth-order valence-electron chi connectivity index (χ4n) is 4.78. The lowest BCUT2D eigenvalue weighted by Gasteiger charge is -2.21. The molecule has 0 amide bonds. The van der Waals surface area contributed by atoms with Crippen molar-refractivity contribution in [2.75, 3.05) is 13.7 Å². The van der Waals surface area contributed by atoms with Crippen LogP contribution in [0.3, 0.4) is 0 Å². The van der Waals surface area contributed by atoms with Crippen LogP contribution in [0.4, 0.5) is 4.39 Å². The molecule has 1 aliphatic carbocycles. The Bertz CT molecular complexity index is 1050. The molecular weight excluding hydrogens is 495 g/mol. The molecule has 0 aromatic heterocycles. The van der Waals surface area contributed by atoms with Crippen molar-refractivity contribution in [1.29, 1.82) is 0 Å². The van der Waals surface area contributed by atoms with Gasteiger partial charge in [0.15, 0.2) is 5.78 Å². The number of carbonyl (C=O) groups excluding carboxylic acids is 2. The molecule has 3 atom stereocenters. The van der Waals surface area contributed by atoms with E-state index >= 15 is 0 Å². The number of rotatable bonds is 14. The van der Waals surface area contributed by atoms with Crippen molar-refractivity contribution in [2.24, 2.45) is 17.8 Å². The van der Waals surface area contributed by atoms with Gasteiger partial charge in [-0.1, -0.05) is 26.0 Å². The van der Waals surface area contributed by atoms with Gasteiger partial charge in [-0.3, -0.25) is 9.59 Å². The molecule has 2 rings (SSSR count). The summed E-state index contributed by atoms with van der Waals surface area (Å²) in [6, 6.07) is 4.45. The lowest BCUT2D eigenvalue weighted by atomic mass is 9.84. The summed E-state index contributed by atoms with van der Waals surface area (Å²) in [5.41, 5.74) is 2.07. The van der Waals surface area contributed by atoms with E-state index in [1.165, 1.54) is 12.1 Å². The molecule has 0 N–H and O–H groups in total. The number of halogens is 1. The van der Waals surface area contributed by atoms with Gasteiger partial charge >= 0.3 is 0 Å². The van der Waals surface area contributed by atoms with Crippen LogP contribution in [0.5, 0.6) is 5.75 Å². The first kappa shape index (κ1) is 32.5. The Kier molecular flexibility index (Phi) is 13.1. The van der Waals surface area contributed by atoms with Crippen molar-refractivity contribution < 1.29 is 28.2 Å². The number of hydrogen-bond acceptors (Lipinski definition) is 5. The minimum atomic E-state index is -0.653. The Hall–Kier alpha value is -2.73. The Morgan fingerprint density at radius 3 is 2.44 bits per heavy atom. The van der Waals surface area contributed by atoms with Crippen LogP contribution in [0.15, 0.2) is 53.8 Å². The molecule has 1 aromatic carbocycles. The zero-order chi connectivity index (χ0) is 29.1. The standard InChI is InChI=1S/C33H47FO5/c1-21(2)9-11-28-31(35)19-25(18-29(33(28)36)24(7)13-15-38-22(3)4)17-26(14-16-39-23(5)6)30-20-27(34)10-12-32(30)37-8/h10,12-14,16,18,20-23,25-26,28H,9,11,15,17,19H2,1-8H3/b16-14+,24-13+. The van der Waals surface area contributed by atoms with Gasteiger partial charge in [-0.15, -0.1) is 0 Å². The van der Waals surface area contributed by atoms with Crippen LogP contribution in [0, 0.1) is 23.6 Å². The van der Waals surface area contributed by atoms with Gasteiger partial charge in [0.1, 0.15) is 17.3 Å². The topological polar surface area (TPSA) is 61.8 Å². The van der Waals surface area contributed by atoms with Gasteiger partial charge < -0.3 is 14.2 Å². The van der Waals surface area contributed by atoms with Gasteiger partial charge in [0.25, 0.3) is 0 Å². The van der Waals surface area contributed by atoms with Crippen molar-refractivity contribution >= 4 is 11.6 Å². The van der Waals surface area contributed by atoms with Crippen molar-refractivity contribution in [3.05, 3.63) is 65.2 Å². The molecular formula is C33H47FO5. The van der Waals surface area contributed by atoms with Crippen molar-refractivity contribution in [1.82, 2.24) is 0 Å². The monoisotopic (exact) mass is 542 g/mol. The number of methoxy groups -OCH3 is 1. The van der Waals surface area contributed by atoms with Crippen LogP contribution in [0.25, 0.3) is 0 Å². The summed E-state index contributed by atoms with van der Waals surface area (Å²) < 4.78 is 31.3. The largest absolute Gasteiger partial charge is 0.499 e. The number of benzene rings is 1. The molecule has 0 heterocycles. The number of ether oxygens (including phenoxy) is 3. The van der Waals surface area contributed by atoms with Gasteiger partial charge in [-0.25, -0.2) is 4.39 Å². The first-order chi connectivity index (χ1) is 18.4. The van der Waals surface area contributed by atoms with Gasteiger partial charge in [-0.2, -0.15) is 0 Å². The molecule has 39 heavy (non-hydrogen) atoms. The van der Waals surface area contributed by atoms with Crippen LogP contribution in [-0.4, -0.2) is 37.5 Å². The van der Waals surface area contributed by atoms with Gasteiger partial charge in [-0.05, 0) is 95.6 Å². The number of ketones is 2. The van der Waals surface area contributed by atoms with Gasteiger partial charge in [0.05, 0.1) is 38.1 Å². The Morgan fingerprint density at radius 2 is 1.82 bits per heavy atom. The third-order valence-electron chi connectivity index (χ3n) is 6.92. The molecule has 0 saturated carbocycles. The fourth-order valence-corrected chi connectivity index (χ4v) is 4.78. The average Bonchev–Trinajstić information content (AvgIpc) is 2.96. The highest BCUT2D eigenvalue weighted by Gasteiger charge is 2.35. The molecule has 0 fully saturated rings. The molecule has 0 saturated heterocycles. The minimum absolute atomic E-state index is 0.0116. The molecule has 0 spiro atoms. The second-order valence-corrected chi connectivity index (χ2v) is 11.4. The highest BCUT2D eigenvalue weighted by Crippen LogP contribution is 2.38. The first-order valence-corrected chi connectivity index (χ1v) is 14.2. The summed E-state index contributed by atoms with van der Waals surface area (Å²) in [7, 11) is 1.56. The summed E-state index contributed by atoms with van der Waals surface area (Å²) in [5.74, 6) is -0.723. The maximum Gasteiger partial charge on any atom is 0.173 e. The van der Waals surface area contributed by atoms with E-state index in [0.717, 1.165) is 12.0 Å². The van der Waals surface area contributed by atoms with E-state index in [2.05, 4.69) is 13.8 Å². The van der Waals surface area contributed by atoms with Crippen LogP contribution >= 0.6 is 0 Å². The predicted octanol–water partition coefficient (Wildman–Crippen LogP) is 7.75. The summed E-state index contributed by atoms with van der Waals surface area (Å²) in [4.78, 5) is 27.2. The lowest BCUT2D eigenvalue weighted by molar-refractivity contribution is -0.131. The van der Waals surface area contributed by atoms with E-state index in [0.29, 0.717) is 42.3 Å². The number of carbonyl (C=O) groups is 2. The summed E-state index contributed by atoms with van der Waals surface area (Å²) in [6.45, 7) is 14.3. The van der Waals surface area contributed by atoms with Crippen molar-refractivity contribution in [2.45, 2.75) is 92.3 Å². The third kappa shape index (κ3) is 10.4. The summed E-state index contributed by atoms with van der Waals surface area (Å²) in [6.07, 6.45) is 9.53. The zero-order valence-corrected chi connectivity index (χ0v) is 25.0.